The Balaban J connectivity index is 1.21. The van der Waals surface area contributed by atoms with Crippen LogP contribution in [0.15, 0.2) is 83.8 Å². The summed E-state index contributed by atoms with van der Waals surface area (Å²) in [4.78, 5) is 40.5. The van der Waals surface area contributed by atoms with Gasteiger partial charge < -0.3 is 10.6 Å². The number of nitrogens with zero attached hydrogens (tertiary/aromatic N) is 3. The van der Waals surface area contributed by atoms with Crippen molar-refractivity contribution in [1.29, 1.82) is 5.26 Å². The summed E-state index contributed by atoms with van der Waals surface area (Å²) in [5.74, 6) is -0.693. The maximum absolute atomic E-state index is 13.2. The summed E-state index contributed by atoms with van der Waals surface area (Å²) in [6.45, 7) is 4.20. The number of benzene rings is 3. The second-order valence-corrected chi connectivity index (χ2v) is 12.3. The van der Waals surface area contributed by atoms with Gasteiger partial charge in [-0.25, -0.2) is 0 Å². The number of carbonyl (C=O) groups excluding carboxylic acids is 2. The zero-order chi connectivity index (χ0) is 29.6. The SMILES string of the molecule is CC(Sc1cccc(NC(=O)c2cccc([N+](=O)[O-])c2)c1)C(=O)Nc1sc2c(c1C#N)CCN(Cc1ccccc1)C2. The average molecular weight is 598 g/mol. The van der Waals surface area contributed by atoms with Crippen LogP contribution in [0.1, 0.15) is 38.8 Å². The Labute approximate surface area is 251 Å². The molecule has 11 heteroatoms. The summed E-state index contributed by atoms with van der Waals surface area (Å²) < 4.78 is 0. The van der Waals surface area contributed by atoms with Gasteiger partial charge in [-0.3, -0.25) is 24.6 Å². The molecule has 212 valence electrons. The van der Waals surface area contributed by atoms with Gasteiger partial charge in [0.25, 0.3) is 11.6 Å². The molecule has 3 aromatic carbocycles. The molecule has 0 aliphatic carbocycles. The summed E-state index contributed by atoms with van der Waals surface area (Å²) in [6, 6.07) is 25.1. The third-order valence-corrected chi connectivity index (χ3v) is 9.05. The maximum atomic E-state index is 13.2. The summed E-state index contributed by atoms with van der Waals surface area (Å²) in [5, 5.41) is 26.8. The van der Waals surface area contributed by atoms with Crippen molar-refractivity contribution in [1.82, 2.24) is 4.90 Å². The Morgan fingerprint density at radius 1 is 1.10 bits per heavy atom. The molecule has 1 aliphatic heterocycles. The molecule has 2 N–H and O–H groups in total. The highest BCUT2D eigenvalue weighted by Gasteiger charge is 2.26. The Morgan fingerprint density at radius 2 is 1.88 bits per heavy atom. The number of rotatable bonds is 9. The lowest BCUT2D eigenvalue weighted by Gasteiger charge is -2.26. The number of nitrogens with one attached hydrogen (secondary N) is 2. The molecule has 1 unspecified atom stereocenters. The van der Waals surface area contributed by atoms with Crippen LogP contribution in [0.25, 0.3) is 0 Å². The van der Waals surface area contributed by atoms with Crippen molar-refractivity contribution >= 4 is 51.3 Å². The van der Waals surface area contributed by atoms with Crippen molar-refractivity contribution in [3.63, 3.8) is 0 Å². The highest BCUT2D eigenvalue weighted by molar-refractivity contribution is 8.00. The average Bonchev–Trinajstić information content (AvgIpc) is 3.33. The highest BCUT2D eigenvalue weighted by Crippen LogP contribution is 2.37. The third kappa shape index (κ3) is 6.86. The van der Waals surface area contributed by atoms with E-state index in [0.717, 1.165) is 41.4 Å². The second kappa shape index (κ2) is 13.0. The van der Waals surface area contributed by atoms with Crippen LogP contribution in [0.4, 0.5) is 16.4 Å². The number of hydrogen-bond donors (Lipinski definition) is 2. The molecule has 1 aliphatic rings. The molecule has 5 rings (SSSR count). The van der Waals surface area contributed by atoms with Gasteiger partial charge in [0.1, 0.15) is 11.1 Å². The molecule has 0 bridgehead atoms. The maximum Gasteiger partial charge on any atom is 0.270 e. The van der Waals surface area contributed by atoms with Crippen LogP contribution >= 0.6 is 23.1 Å². The molecule has 0 saturated heterocycles. The minimum atomic E-state index is -0.549. The predicted octanol–water partition coefficient (Wildman–Crippen LogP) is 6.46. The van der Waals surface area contributed by atoms with E-state index in [1.54, 1.807) is 25.1 Å². The number of carbonyl (C=O) groups is 2. The van der Waals surface area contributed by atoms with Crippen LogP contribution in [0, 0.1) is 21.4 Å². The van der Waals surface area contributed by atoms with E-state index in [-0.39, 0.29) is 17.2 Å². The van der Waals surface area contributed by atoms with Gasteiger partial charge in [-0.05, 0) is 48.7 Å². The van der Waals surface area contributed by atoms with Gasteiger partial charge in [0, 0.05) is 52.8 Å². The number of anilines is 2. The van der Waals surface area contributed by atoms with Crippen LogP contribution < -0.4 is 10.6 Å². The van der Waals surface area contributed by atoms with Crippen LogP contribution in [0.3, 0.4) is 0 Å². The Bertz CT molecular complexity index is 1680. The lowest BCUT2D eigenvalue weighted by Crippen LogP contribution is -2.29. The molecule has 1 atom stereocenters. The molecule has 2 amide bonds. The lowest BCUT2D eigenvalue weighted by molar-refractivity contribution is -0.384. The minimum Gasteiger partial charge on any atom is -0.322 e. The first kappa shape index (κ1) is 29.0. The van der Waals surface area contributed by atoms with Crippen LogP contribution in [-0.4, -0.2) is 33.4 Å². The first-order valence-electron chi connectivity index (χ1n) is 13.2. The number of non-ortho nitro benzene ring substituents is 1. The summed E-state index contributed by atoms with van der Waals surface area (Å²) in [5.41, 5.74) is 3.32. The molecular formula is C31H27N5O4S2. The van der Waals surface area contributed by atoms with E-state index in [1.807, 2.05) is 24.3 Å². The quantitative estimate of drug-likeness (QED) is 0.129. The number of fused-ring (bicyclic) bond motifs is 1. The monoisotopic (exact) mass is 597 g/mol. The highest BCUT2D eigenvalue weighted by atomic mass is 32.2. The van der Waals surface area contributed by atoms with Gasteiger partial charge in [-0.15, -0.1) is 23.1 Å². The number of amides is 2. The lowest BCUT2D eigenvalue weighted by atomic mass is 10.0. The second-order valence-electron chi connectivity index (χ2n) is 9.80. The van der Waals surface area contributed by atoms with Crippen molar-refractivity contribution in [2.45, 2.75) is 36.6 Å². The first-order chi connectivity index (χ1) is 20.3. The van der Waals surface area contributed by atoms with Crippen molar-refractivity contribution in [2.24, 2.45) is 0 Å². The zero-order valence-electron chi connectivity index (χ0n) is 22.7. The predicted molar refractivity (Wildman–Crippen MR) is 165 cm³/mol. The molecule has 0 saturated carbocycles. The van der Waals surface area contributed by atoms with Gasteiger partial charge in [0.05, 0.1) is 15.7 Å². The van der Waals surface area contributed by atoms with Crippen molar-refractivity contribution in [3.05, 3.63) is 116 Å². The molecule has 2 heterocycles. The Hall–Kier alpha value is -4.50. The molecule has 0 radical (unpaired) electrons. The van der Waals surface area contributed by atoms with E-state index in [2.05, 4.69) is 33.7 Å². The van der Waals surface area contributed by atoms with Crippen molar-refractivity contribution < 1.29 is 14.5 Å². The van der Waals surface area contributed by atoms with E-state index in [9.17, 15) is 25.0 Å². The number of nitro groups is 1. The Kier molecular flexibility index (Phi) is 8.97. The van der Waals surface area contributed by atoms with Crippen LogP contribution in [-0.2, 0) is 24.3 Å². The van der Waals surface area contributed by atoms with Crippen LogP contribution in [0.2, 0.25) is 0 Å². The van der Waals surface area contributed by atoms with E-state index in [4.69, 9.17) is 0 Å². The van der Waals surface area contributed by atoms with Crippen molar-refractivity contribution in [3.8, 4) is 6.07 Å². The molecule has 42 heavy (non-hydrogen) atoms. The molecule has 0 spiro atoms. The number of hydrogen-bond acceptors (Lipinski definition) is 8. The number of thiophene rings is 1. The first-order valence-corrected chi connectivity index (χ1v) is 14.9. The molecule has 1 aromatic heterocycles. The summed E-state index contributed by atoms with van der Waals surface area (Å²) in [7, 11) is 0. The molecule has 9 nitrogen and oxygen atoms in total. The van der Waals surface area contributed by atoms with E-state index >= 15 is 0 Å². The summed E-state index contributed by atoms with van der Waals surface area (Å²) >= 11 is 2.79. The van der Waals surface area contributed by atoms with Gasteiger partial charge >= 0.3 is 0 Å². The third-order valence-electron chi connectivity index (χ3n) is 6.83. The van der Waals surface area contributed by atoms with Crippen molar-refractivity contribution in [2.75, 3.05) is 17.2 Å². The standard InChI is InChI=1S/C31H27N5O4S2/c1-20(41-25-12-6-10-23(16-25)33-30(38)22-9-5-11-24(15-22)36(39)40)29(37)34-31-27(17-32)26-13-14-35(19-28(26)42-31)18-21-7-3-2-4-8-21/h2-12,15-16,20H,13-14,18-19H2,1H3,(H,33,38)(H,34,37). The van der Waals surface area contributed by atoms with Gasteiger partial charge in [0.2, 0.25) is 5.91 Å². The van der Waals surface area contributed by atoms with E-state index < -0.39 is 16.1 Å². The number of thioether (sulfide) groups is 1. The fourth-order valence-corrected chi connectivity index (χ4v) is 6.89. The smallest absolute Gasteiger partial charge is 0.270 e. The van der Waals surface area contributed by atoms with Gasteiger partial charge in [-0.1, -0.05) is 42.5 Å². The number of nitro benzene ring substituents is 1. The fourth-order valence-electron chi connectivity index (χ4n) is 4.72. The molecule has 4 aromatic rings. The van der Waals surface area contributed by atoms with Crippen LogP contribution in [0.5, 0.6) is 0 Å². The zero-order valence-corrected chi connectivity index (χ0v) is 24.3. The normalized spacial score (nSPS) is 13.4. The topological polar surface area (TPSA) is 128 Å². The van der Waals surface area contributed by atoms with Gasteiger partial charge in [0.15, 0.2) is 0 Å². The molecule has 0 fully saturated rings. The minimum absolute atomic E-state index is 0.164. The fraction of sp³-hybridized carbons (Fsp3) is 0.194. The largest absolute Gasteiger partial charge is 0.322 e. The van der Waals surface area contributed by atoms with Gasteiger partial charge in [-0.2, -0.15) is 5.26 Å². The Morgan fingerprint density at radius 3 is 2.64 bits per heavy atom. The van der Waals surface area contributed by atoms with E-state index in [0.29, 0.717) is 16.3 Å². The van der Waals surface area contributed by atoms with E-state index in [1.165, 1.54) is 52.9 Å². The molecular weight excluding hydrogens is 571 g/mol. The summed E-state index contributed by atoms with van der Waals surface area (Å²) in [6.07, 6.45) is 0.760. The number of nitriles is 1.